The molecule has 2 aromatic heterocycles. The minimum atomic E-state index is -2.91. The number of carbonyl (C=O) groups is 1. The molecule has 0 bridgehead atoms. The second-order valence-corrected chi connectivity index (χ2v) is 4.01. The van der Waals surface area contributed by atoms with Gasteiger partial charge in [0.05, 0.1) is 10.6 Å². The molecule has 0 unspecified atom stereocenters. The quantitative estimate of drug-likeness (QED) is 0.816. The minimum absolute atomic E-state index is 0.144. The Morgan fingerprint density at radius 3 is 2.67 bits per heavy atom. The van der Waals surface area contributed by atoms with Gasteiger partial charge in [-0.25, -0.2) is 18.4 Å². The summed E-state index contributed by atoms with van der Waals surface area (Å²) in [6, 6.07) is 3.10. The third-order valence-electron chi connectivity index (χ3n) is 2.12. The maximum absolute atomic E-state index is 12.7. The van der Waals surface area contributed by atoms with Crippen molar-refractivity contribution in [3.8, 4) is 5.82 Å². The van der Waals surface area contributed by atoms with E-state index in [0.717, 1.165) is 10.9 Å². The molecular weight excluding hydrogens is 287 g/mol. The normalized spacial score (nSPS) is 10.9. The van der Waals surface area contributed by atoms with Crippen molar-refractivity contribution in [2.24, 2.45) is 0 Å². The lowest BCUT2D eigenvalue weighted by molar-refractivity contribution is 0.106. The highest BCUT2D eigenvalue weighted by molar-refractivity contribution is 6.67. The molecule has 0 N–H and O–H groups in total. The lowest BCUT2D eigenvalue weighted by atomic mass is 10.3. The van der Waals surface area contributed by atoms with Crippen molar-refractivity contribution in [2.75, 3.05) is 0 Å². The molecule has 0 spiro atoms. The van der Waals surface area contributed by atoms with Gasteiger partial charge in [-0.2, -0.15) is 5.10 Å². The van der Waals surface area contributed by atoms with Crippen molar-refractivity contribution in [2.45, 2.75) is 6.43 Å². The van der Waals surface area contributed by atoms with Gasteiger partial charge in [-0.1, -0.05) is 11.6 Å². The Hall–Kier alpha value is -1.53. The average molecular weight is 292 g/mol. The summed E-state index contributed by atoms with van der Waals surface area (Å²) in [7, 11) is 0. The summed E-state index contributed by atoms with van der Waals surface area (Å²) in [5, 5.41) is 2.78. The molecule has 0 amide bonds. The maximum atomic E-state index is 12.7. The highest BCUT2D eigenvalue weighted by Gasteiger charge is 2.23. The molecule has 0 aliphatic heterocycles. The summed E-state index contributed by atoms with van der Waals surface area (Å²) in [6.07, 6.45) is -0.413. The number of carbonyl (C=O) groups excluding carboxylic acids is 1. The van der Waals surface area contributed by atoms with Gasteiger partial charge < -0.3 is 0 Å². The highest BCUT2D eigenvalue weighted by Crippen LogP contribution is 2.25. The van der Waals surface area contributed by atoms with Crippen LogP contribution in [0.15, 0.2) is 24.5 Å². The van der Waals surface area contributed by atoms with E-state index in [2.05, 4.69) is 10.1 Å². The fourth-order valence-electron chi connectivity index (χ4n) is 1.35. The van der Waals surface area contributed by atoms with Crippen LogP contribution in [0.25, 0.3) is 5.82 Å². The van der Waals surface area contributed by atoms with Gasteiger partial charge in [0.15, 0.2) is 5.82 Å². The molecule has 0 saturated heterocycles. The number of nitrogens with zero attached hydrogens (tertiary/aromatic N) is 3. The Morgan fingerprint density at radius 2 is 2.17 bits per heavy atom. The fraction of sp³-hybridized carbons (Fsp3) is 0.100. The van der Waals surface area contributed by atoms with Gasteiger partial charge in [0.25, 0.3) is 11.7 Å². The number of aromatic nitrogens is 3. The molecule has 0 aliphatic rings. The molecule has 94 valence electrons. The van der Waals surface area contributed by atoms with Crippen molar-refractivity contribution in [3.05, 3.63) is 40.8 Å². The van der Waals surface area contributed by atoms with E-state index >= 15 is 0 Å². The molecule has 2 heterocycles. The SMILES string of the molecule is O=C(Cl)c1cn(-c2ncccc2Cl)nc1C(F)F. The van der Waals surface area contributed by atoms with Gasteiger partial charge in [0.1, 0.15) is 5.69 Å². The Kier molecular flexibility index (Phi) is 3.58. The van der Waals surface area contributed by atoms with Gasteiger partial charge in [-0.3, -0.25) is 4.79 Å². The van der Waals surface area contributed by atoms with E-state index in [1.165, 1.54) is 12.3 Å². The zero-order chi connectivity index (χ0) is 13.3. The fourth-order valence-corrected chi connectivity index (χ4v) is 1.71. The summed E-state index contributed by atoms with van der Waals surface area (Å²) in [4.78, 5) is 14.9. The van der Waals surface area contributed by atoms with E-state index in [-0.39, 0.29) is 16.4 Å². The predicted molar refractivity (Wildman–Crippen MR) is 61.5 cm³/mol. The lowest BCUT2D eigenvalue weighted by Crippen LogP contribution is -1.99. The van der Waals surface area contributed by atoms with E-state index < -0.39 is 17.4 Å². The lowest BCUT2D eigenvalue weighted by Gasteiger charge is -2.01. The average Bonchev–Trinajstić information content (AvgIpc) is 2.74. The molecular formula is C10H5Cl2F2N3O. The predicted octanol–water partition coefficient (Wildman–Crippen LogP) is 3.24. The van der Waals surface area contributed by atoms with Crippen molar-refractivity contribution >= 4 is 28.4 Å². The molecule has 0 radical (unpaired) electrons. The van der Waals surface area contributed by atoms with Crippen LogP contribution in [-0.4, -0.2) is 20.0 Å². The second kappa shape index (κ2) is 4.99. The molecule has 2 rings (SSSR count). The second-order valence-electron chi connectivity index (χ2n) is 3.26. The van der Waals surface area contributed by atoms with Crippen LogP contribution in [0.4, 0.5) is 8.78 Å². The molecule has 18 heavy (non-hydrogen) atoms. The molecule has 0 atom stereocenters. The largest absolute Gasteiger partial charge is 0.282 e. The summed E-state index contributed by atoms with van der Waals surface area (Å²) in [6.45, 7) is 0. The van der Waals surface area contributed by atoms with Crippen molar-refractivity contribution in [3.63, 3.8) is 0 Å². The summed E-state index contributed by atoms with van der Waals surface area (Å²) in [5.74, 6) is 0.144. The topological polar surface area (TPSA) is 47.8 Å². The van der Waals surface area contributed by atoms with E-state index in [9.17, 15) is 13.6 Å². The molecule has 2 aromatic rings. The first kappa shape index (κ1) is 12.9. The minimum Gasteiger partial charge on any atom is -0.275 e. The molecule has 0 fully saturated rings. The smallest absolute Gasteiger partial charge is 0.275 e. The zero-order valence-electron chi connectivity index (χ0n) is 8.65. The number of rotatable bonds is 3. The summed E-state index contributed by atoms with van der Waals surface area (Å²) >= 11 is 11.1. The van der Waals surface area contributed by atoms with Gasteiger partial charge in [-0.05, 0) is 23.7 Å². The van der Waals surface area contributed by atoms with Crippen LogP contribution < -0.4 is 0 Å². The molecule has 8 heteroatoms. The molecule has 0 saturated carbocycles. The van der Waals surface area contributed by atoms with E-state index in [4.69, 9.17) is 23.2 Å². The van der Waals surface area contributed by atoms with Crippen molar-refractivity contribution < 1.29 is 13.6 Å². The zero-order valence-corrected chi connectivity index (χ0v) is 10.2. The van der Waals surface area contributed by atoms with Crippen LogP contribution in [0.3, 0.4) is 0 Å². The number of alkyl halides is 2. The van der Waals surface area contributed by atoms with Gasteiger partial charge in [0, 0.05) is 12.4 Å². The molecule has 0 aliphatic carbocycles. The van der Waals surface area contributed by atoms with Crippen LogP contribution in [0, 0.1) is 0 Å². The van der Waals surface area contributed by atoms with E-state index in [0.29, 0.717) is 0 Å². The van der Waals surface area contributed by atoms with E-state index in [1.807, 2.05) is 0 Å². The molecule has 4 nitrogen and oxygen atoms in total. The maximum Gasteiger partial charge on any atom is 0.282 e. The van der Waals surface area contributed by atoms with Crippen molar-refractivity contribution in [1.82, 2.24) is 14.8 Å². The van der Waals surface area contributed by atoms with Crippen LogP contribution in [-0.2, 0) is 0 Å². The van der Waals surface area contributed by atoms with Crippen LogP contribution >= 0.6 is 23.2 Å². The first-order chi connectivity index (χ1) is 8.50. The molecule has 0 aromatic carbocycles. The van der Waals surface area contributed by atoms with Gasteiger partial charge in [0.2, 0.25) is 0 Å². The third-order valence-corrected chi connectivity index (χ3v) is 2.62. The summed E-state index contributed by atoms with van der Waals surface area (Å²) < 4.78 is 26.4. The van der Waals surface area contributed by atoms with Crippen LogP contribution in [0.2, 0.25) is 5.02 Å². The Labute approximate surface area is 110 Å². The third kappa shape index (κ3) is 2.34. The van der Waals surface area contributed by atoms with E-state index in [1.54, 1.807) is 6.07 Å². The van der Waals surface area contributed by atoms with Gasteiger partial charge >= 0.3 is 0 Å². The Morgan fingerprint density at radius 1 is 1.44 bits per heavy atom. The number of hydrogen-bond donors (Lipinski definition) is 0. The monoisotopic (exact) mass is 291 g/mol. The summed E-state index contributed by atoms with van der Waals surface area (Å²) in [5.41, 5.74) is -1.06. The number of halogens is 4. The van der Waals surface area contributed by atoms with Gasteiger partial charge in [-0.15, -0.1) is 0 Å². The Bertz CT molecular complexity index is 601. The first-order valence-corrected chi connectivity index (χ1v) is 5.44. The Balaban J connectivity index is 2.57. The van der Waals surface area contributed by atoms with Crippen molar-refractivity contribution in [1.29, 1.82) is 0 Å². The standard InChI is InChI=1S/C10H5Cl2F2N3O/c11-6-2-1-3-15-10(6)17-4-5(8(12)18)7(16-17)9(13)14/h1-4,9H. The first-order valence-electron chi connectivity index (χ1n) is 4.69. The number of hydrogen-bond acceptors (Lipinski definition) is 3. The van der Waals surface area contributed by atoms with Crippen LogP contribution in [0.5, 0.6) is 0 Å². The highest BCUT2D eigenvalue weighted by atomic mass is 35.5. The number of pyridine rings is 1. The van der Waals surface area contributed by atoms with Crippen LogP contribution in [0.1, 0.15) is 22.5 Å².